The molecule has 0 N–H and O–H groups in total. The lowest BCUT2D eigenvalue weighted by atomic mass is 10.1. The van der Waals surface area contributed by atoms with Gasteiger partial charge in [-0.2, -0.15) is 4.98 Å². The maximum atomic E-state index is 12.6. The number of benzene rings is 1. The van der Waals surface area contributed by atoms with Crippen LogP contribution in [0.2, 0.25) is 0 Å². The summed E-state index contributed by atoms with van der Waals surface area (Å²) < 4.78 is 5.88. The van der Waals surface area contributed by atoms with Crippen LogP contribution in [-0.4, -0.2) is 47.0 Å². The Morgan fingerprint density at radius 1 is 1.04 bits per heavy atom. The van der Waals surface area contributed by atoms with E-state index in [1.165, 1.54) is 12.8 Å². The number of para-hydroxylation sites is 1. The standard InChI is InChI=1S/C21H26N4O2/c1-16-22-19(15-20(23-16)27-18-9-3-2-4-10-18)24-11-13-25(14-12-24)21(26)17-7-5-6-8-17/h2-4,9-10,15,17H,5-8,11-14H2,1H3. The van der Waals surface area contributed by atoms with Crippen LogP contribution in [0, 0.1) is 12.8 Å². The summed E-state index contributed by atoms with van der Waals surface area (Å²) in [5, 5.41) is 0. The summed E-state index contributed by atoms with van der Waals surface area (Å²) in [4.78, 5) is 25.8. The van der Waals surface area contributed by atoms with Crippen molar-refractivity contribution in [2.75, 3.05) is 31.1 Å². The highest BCUT2D eigenvalue weighted by Crippen LogP contribution is 2.28. The molecule has 0 radical (unpaired) electrons. The Labute approximate surface area is 160 Å². The Hall–Kier alpha value is -2.63. The van der Waals surface area contributed by atoms with Gasteiger partial charge in [-0.05, 0) is 31.9 Å². The highest BCUT2D eigenvalue weighted by Gasteiger charge is 2.29. The van der Waals surface area contributed by atoms with Crippen molar-refractivity contribution in [1.82, 2.24) is 14.9 Å². The van der Waals surface area contributed by atoms with Gasteiger partial charge in [0.15, 0.2) is 0 Å². The van der Waals surface area contributed by atoms with E-state index in [0.717, 1.165) is 50.6 Å². The van der Waals surface area contributed by atoms with Gasteiger partial charge in [0.2, 0.25) is 11.8 Å². The van der Waals surface area contributed by atoms with Crippen LogP contribution < -0.4 is 9.64 Å². The van der Waals surface area contributed by atoms with E-state index in [0.29, 0.717) is 17.6 Å². The Morgan fingerprint density at radius 3 is 2.44 bits per heavy atom. The molecule has 27 heavy (non-hydrogen) atoms. The third-order valence-electron chi connectivity index (χ3n) is 5.39. The lowest BCUT2D eigenvalue weighted by molar-refractivity contribution is -0.135. The van der Waals surface area contributed by atoms with Crippen LogP contribution in [0.1, 0.15) is 31.5 Å². The average molecular weight is 366 g/mol. The molecule has 0 spiro atoms. The molecule has 0 bridgehead atoms. The fraction of sp³-hybridized carbons (Fsp3) is 0.476. The summed E-state index contributed by atoms with van der Waals surface area (Å²) in [5.41, 5.74) is 0. The number of carbonyl (C=O) groups is 1. The molecule has 2 heterocycles. The summed E-state index contributed by atoms with van der Waals surface area (Å²) in [7, 11) is 0. The van der Waals surface area contributed by atoms with Gasteiger partial charge in [-0.1, -0.05) is 31.0 Å². The first-order chi connectivity index (χ1) is 13.2. The van der Waals surface area contributed by atoms with Crippen LogP contribution in [0.3, 0.4) is 0 Å². The molecule has 1 aliphatic carbocycles. The first kappa shape index (κ1) is 17.8. The zero-order valence-electron chi connectivity index (χ0n) is 15.8. The van der Waals surface area contributed by atoms with Crippen molar-refractivity contribution in [3.63, 3.8) is 0 Å². The van der Waals surface area contributed by atoms with E-state index in [1.54, 1.807) is 0 Å². The molecule has 2 aliphatic rings. The number of piperazine rings is 1. The molecule has 1 aliphatic heterocycles. The zero-order chi connectivity index (χ0) is 18.6. The number of aryl methyl sites for hydroxylation is 1. The summed E-state index contributed by atoms with van der Waals surface area (Å²) in [6.07, 6.45) is 4.51. The summed E-state index contributed by atoms with van der Waals surface area (Å²) in [6, 6.07) is 11.5. The minimum absolute atomic E-state index is 0.253. The van der Waals surface area contributed by atoms with E-state index in [1.807, 2.05) is 48.2 Å². The van der Waals surface area contributed by atoms with Gasteiger partial charge in [-0.15, -0.1) is 0 Å². The SMILES string of the molecule is Cc1nc(Oc2ccccc2)cc(N2CCN(C(=O)C3CCCC3)CC2)n1. The van der Waals surface area contributed by atoms with Crippen molar-refractivity contribution < 1.29 is 9.53 Å². The maximum absolute atomic E-state index is 12.6. The molecule has 4 rings (SSSR count). The number of anilines is 1. The Bertz CT molecular complexity index is 782. The third kappa shape index (κ3) is 4.21. The van der Waals surface area contributed by atoms with Crippen molar-refractivity contribution in [2.45, 2.75) is 32.6 Å². The second-order valence-electron chi connectivity index (χ2n) is 7.32. The molecule has 0 atom stereocenters. The van der Waals surface area contributed by atoms with E-state index >= 15 is 0 Å². The predicted molar refractivity (Wildman–Crippen MR) is 104 cm³/mol. The Kier molecular flexibility index (Phi) is 5.23. The number of hydrogen-bond donors (Lipinski definition) is 0. The first-order valence-electron chi connectivity index (χ1n) is 9.81. The van der Waals surface area contributed by atoms with Gasteiger partial charge >= 0.3 is 0 Å². The average Bonchev–Trinajstić information content (AvgIpc) is 3.23. The fourth-order valence-electron chi connectivity index (χ4n) is 3.94. The second-order valence-corrected chi connectivity index (χ2v) is 7.32. The minimum Gasteiger partial charge on any atom is -0.439 e. The van der Waals surface area contributed by atoms with E-state index in [2.05, 4.69) is 14.9 Å². The van der Waals surface area contributed by atoms with E-state index < -0.39 is 0 Å². The van der Waals surface area contributed by atoms with Gasteiger partial charge in [-0.25, -0.2) is 4.98 Å². The van der Waals surface area contributed by atoms with Crippen molar-refractivity contribution in [3.8, 4) is 11.6 Å². The molecule has 142 valence electrons. The largest absolute Gasteiger partial charge is 0.439 e. The van der Waals surface area contributed by atoms with Crippen LogP contribution in [0.15, 0.2) is 36.4 Å². The van der Waals surface area contributed by atoms with Gasteiger partial charge in [0.05, 0.1) is 0 Å². The molecule has 6 heteroatoms. The van der Waals surface area contributed by atoms with Gasteiger partial charge in [-0.3, -0.25) is 4.79 Å². The van der Waals surface area contributed by atoms with Crippen LogP contribution in [0.4, 0.5) is 5.82 Å². The Balaban J connectivity index is 1.41. The number of hydrogen-bond acceptors (Lipinski definition) is 5. The summed E-state index contributed by atoms with van der Waals surface area (Å²) >= 11 is 0. The molecule has 2 fully saturated rings. The molecule has 2 aromatic rings. The van der Waals surface area contributed by atoms with Gasteiger partial charge in [0.25, 0.3) is 0 Å². The van der Waals surface area contributed by atoms with Crippen LogP contribution in [0.25, 0.3) is 0 Å². The molecule has 1 amide bonds. The topological polar surface area (TPSA) is 58.6 Å². The summed E-state index contributed by atoms with van der Waals surface area (Å²) in [6.45, 7) is 4.97. The molecular formula is C21H26N4O2. The van der Waals surface area contributed by atoms with Crippen LogP contribution >= 0.6 is 0 Å². The molecule has 1 saturated heterocycles. The minimum atomic E-state index is 0.253. The fourth-order valence-corrected chi connectivity index (χ4v) is 3.94. The smallest absolute Gasteiger partial charge is 0.225 e. The van der Waals surface area contributed by atoms with Crippen LogP contribution in [0.5, 0.6) is 11.6 Å². The third-order valence-corrected chi connectivity index (χ3v) is 5.39. The number of nitrogens with zero attached hydrogens (tertiary/aromatic N) is 4. The van der Waals surface area contributed by atoms with Crippen molar-refractivity contribution in [3.05, 3.63) is 42.2 Å². The molecule has 6 nitrogen and oxygen atoms in total. The maximum Gasteiger partial charge on any atom is 0.225 e. The Morgan fingerprint density at radius 2 is 1.74 bits per heavy atom. The molecule has 1 aromatic carbocycles. The van der Waals surface area contributed by atoms with Gasteiger partial charge in [0.1, 0.15) is 17.4 Å². The van der Waals surface area contributed by atoms with Crippen molar-refractivity contribution in [2.24, 2.45) is 5.92 Å². The number of carbonyl (C=O) groups excluding carboxylic acids is 1. The zero-order valence-corrected chi connectivity index (χ0v) is 15.8. The molecule has 1 aromatic heterocycles. The first-order valence-corrected chi connectivity index (χ1v) is 9.81. The molecular weight excluding hydrogens is 340 g/mol. The number of ether oxygens (including phenoxy) is 1. The monoisotopic (exact) mass is 366 g/mol. The van der Waals surface area contributed by atoms with E-state index in [4.69, 9.17) is 4.74 Å². The number of amides is 1. The normalized spacial score (nSPS) is 18.0. The summed E-state index contributed by atoms with van der Waals surface area (Å²) in [5.74, 6) is 3.45. The van der Waals surface area contributed by atoms with Crippen LogP contribution in [-0.2, 0) is 4.79 Å². The van der Waals surface area contributed by atoms with Crippen molar-refractivity contribution >= 4 is 11.7 Å². The highest BCUT2D eigenvalue weighted by molar-refractivity contribution is 5.79. The second kappa shape index (κ2) is 7.94. The molecule has 1 saturated carbocycles. The lowest BCUT2D eigenvalue weighted by Gasteiger charge is -2.36. The van der Waals surface area contributed by atoms with E-state index in [9.17, 15) is 4.79 Å². The molecule has 0 unspecified atom stereocenters. The number of aromatic nitrogens is 2. The number of rotatable bonds is 4. The van der Waals surface area contributed by atoms with Crippen molar-refractivity contribution in [1.29, 1.82) is 0 Å². The predicted octanol–water partition coefficient (Wildman–Crippen LogP) is 3.42. The van der Waals surface area contributed by atoms with E-state index in [-0.39, 0.29) is 5.92 Å². The lowest BCUT2D eigenvalue weighted by Crippen LogP contribution is -2.50. The van der Waals surface area contributed by atoms with Gasteiger partial charge in [0, 0.05) is 38.2 Å². The quantitative estimate of drug-likeness (QED) is 0.830. The highest BCUT2D eigenvalue weighted by atomic mass is 16.5. The van der Waals surface area contributed by atoms with Gasteiger partial charge < -0.3 is 14.5 Å².